The number of carbonyl (C=O) groups excluding carboxylic acids is 1. The molecule has 2 aliphatic rings. The van der Waals surface area contributed by atoms with Gasteiger partial charge in [-0.15, -0.1) is 0 Å². The number of carbonyl (C=O) groups is 1. The van der Waals surface area contributed by atoms with Crippen molar-refractivity contribution in [3.63, 3.8) is 0 Å². The van der Waals surface area contributed by atoms with Gasteiger partial charge in [0.15, 0.2) is 0 Å². The summed E-state index contributed by atoms with van der Waals surface area (Å²) in [5.74, 6) is 1.77. The van der Waals surface area contributed by atoms with Gasteiger partial charge in [0.05, 0.1) is 29.6 Å². The van der Waals surface area contributed by atoms with Crippen LogP contribution in [-0.2, 0) is 16.1 Å². The Labute approximate surface area is 188 Å². The molecule has 5 rings (SSSR count). The Balaban J connectivity index is 1.50. The first-order chi connectivity index (χ1) is 15.7. The number of ether oxygens (including phenoxy) is 2. The van der Waals surface area contributed by atoms with Crippen molar-refractivity contribution >= 4 is 5.91 Å². The molecule has 2 aromatic carbocycles. The molecule has 2 heterocycles. The highest BCUT2D eigenvalue weighted by Crippen LogP contribution is 2.35. The number of aromatic nitrogens is 2. The number of nitrogens with zero attached hydrogens (tertiary/aromatic N) is 3. The fourth-order valence-electron chi connectivity index (χ4n) is 4.22. The zero-order valence-corrected chi connectivity index (χ0v) is 18.4. The van der Waals surface area contributed by atoms with Crippen LogP contribution in [0.2, 0.25) is 0 Å². The van der Waals surface area contributed by atoms with Crippen LogP contribution in [0.25, 0.3) is 5.69 Å². The lowest BCUT2D eigenvalue weighted by atomic mass is 10.1. The van der Waals surface area contributed by atoms with Gasteiger partial charge in [-0.25, -0.2) is 4.68 Å². The Kier molecular flexibility index (Phi) is 5.95. The molecular formula is C26H29N3O3. The fraction of sp³-hybridized carbons (Fsp3) is 0.385. The van der Waals surface area contributed by atoms with Gasteiger partial charge >= 0.3 is 0 Å². The van der Waals surface area contributed by atoms with Gasteiger partial charge in [0.25, 0.3) is 0 Å². The maximum atomic E-state index is 13.2. The van der Waals surface area contributed by atoms with Crippen LogP contribution in [0.4, 0.5) is 0 Å². The lowest BCUT2D eigenvalue weighted by molar-refractivity contribution is -0.134. The summed E-state index contributed by atoms with van der Waals surface area (Å²) in [6, 6.07) is 19.7. The second-order valence-corrected chi connectivity index (χ2v) is 8.66. The summed E-state index contributed by atoms with van der Waals surface area (Å²) < 4.78 is 14.1. The second kappa shape index (κ2) is 9.17. The minimum atomic E-state index is 0.112. The quantitative estimate of drug-likeness (QED) is 0.510. The summed E-state index contributed by atoms with van der Waals surface area (Å²) >= 11 is 0. The molecule has 3 aromatic rings. The molecule has 0 radical (unpaired) electrons. The van der Waals surface area contributed by atoms with Crippen LogP contribution in [-0.4, -0.2) is 39.8 Å². The molecule has 6 nitrogen and oxygen atoms in total. The standard InChI is InChI=1S/C26H29N3O3/c1-19-24(18-28(25(30)20-14-15-20)17-23-13-8-16-31-23)26(32-22-11-6-3-7-12-22)29(27-19)21-9-4-2-5-10-21/h2-7,9-12,20,23H,8,13-18H2,1H3/t23-/m0/s1. The Hall–Kier alpha value is -3.12. The molecule has 6 heteroatoms. The third-order valence-electron chi connectivity index (χ3n) is 6.13. The third kappa shape index (κ3) is 4.55. The van der Waals surface area contributed by atoms with Gasteiger partial charge in [0.1, 0.15) is 5.75 Å². The Morgan fingerprint density at radius 3 is 2.47 bits per heavy atom. The molecule has 166 valence electrons. The molecule has 1 saturated carbocycles. The first kappa shape index (κ1) is 20.8. The lowest BCUT2D eigenvalue weighted by Gasteiger charge is -2.26. The Bertz CT molecular complexity index is 1050. The van der Waals surface area contributed by atoms with Crippen LogP contribution in [0.5, 0.6) is 11.6 Å². The summed E-state index contributed by atoms with van der Waals surface area (Å²) in [7, 11) is 0. The van der Waals surface area contributed by atoms with Crippen LogP contribution >= 0.6 is 0 Å². The topological polar surface area (TPSA) is 56.6 Å². The molecule has 1 saturated heterocycles. The maximum Gasteiger partial charge on any atom is 0.227 e. The van der Waals surface area contributed by atoms with Gasteiger partial charge in [0.2, 0.25) is 11.8 Å². The second-order valence-electron chi connectivity index (χ2n) is 8.66. The zero-order chi connectivity index (χ0) is 21.9. The van der Waals surface area contributed by atoms with Crippen LogP contribution in [0.3, 0.4) is 0 Å². The average molecular weight is 432 g/mol. The van der Waals surface area contributed by atoms with Gasteiger partial charge in [-0.05, 0) is 56.9 Å². The summed E-state index contributed by atoms with van der Waals surface area (Å²) in [5.41, 5.74) is 2.72. The molecule has 1 aliphatic carbocycles. The van der Waals surface area contributed by atoms with Crippen molar-refractivity contribution in [2.45, 2.75) is 45.3 Å². The van der Waals surface area contributed by atoms with Crippen molar-refractivity contribution < 1.29 is 14.3 Å². The predicted molar refractivity (Wildman–Crippen MR) is 122 cm³/mol. The first-order valence-electron chi connectivity index (χ1n) is 11.5. The number of hydrogen-bond donors (Lipinski definition) is 0. The van der Waals surface area contributed by atoms with Crippen LogP contribution < -0.4 is 4.74 Å². The smallest absolute Gasteiger partial charge is 0.227 e. The van der Waals surface area contributed by atoms with Crippen molar-refractivity contribution in [2.75, 3.05) is 13.2 Å². The van der Waals surface area contributed by atoms with Crippen LogP contribution in [0, 0.1) is 12.8 Å². The van der Waals surface area contributed by atoms with Crippen molar-refractivity contribution in [3.8, 4) is 17.3 Å². The monoisotopic (exact) mass is 431 g/mol. The van der Waals surface area contributed by atoms with Gasteiger partial charge < -0.3 is 14.4 Å². The molecule has 1 aliphatic heterocycles. The minimum Gasteiger partial charge on any atom is -0.439 e. The van der Waals surface area contributed by atoms with Crippen molar-refractivity contribution in [3.05, 3.63) is 71.9 Å². The molecule has 1 amide bonds. The third-order valence-corrected chi connectivity index (χ3v) is 6.13. The van der Waals surface area contributed by atoms with E-state index in [1.807, 2.05) is 77.2 Å². The van der Waals surface area contributed by atoms with E-state index < -0.39 is 0 Å². The summed E-state index contributed by atoms with van der Waals surface area (Å²) in [4.78, 5) is 15.1. The van der Waals surface area contributed by atoms with Gasteiger partial charge in [-0.3, -0.25) is 4.79 Å². The molecular weight excluding hydrogens is 402 g/mol. The summed E-state index contributed by atoms with van der Waals surface area (Å²) in [6.07, 6.45) is 4.14. The summed E-state index contributed by atoms with van der Waals surface area (Å²) in [6.45, 7) is 3.86. The minimum absolute atomic E-state index is 0.112. The SMILES string of the molecule is Cc1nn(-c2ccccc2)c(Oc2ccccc2)c1CN(C[C@@H]1CCCO1)C(=O)C1CC1. The molecule has 0 unspecified atom stereocenters. The fourth-order valence-corrected chi connectivity index (χ4v) is 4.22. The highest BCUT2D eigenvalue weighted by Gasteiger charge is 2.36. The van der Waals surface area contributed by atoms with Crippen molar-refractivity contribution in [2.24, 2.45) is 5.92 Å². The average Bonchev–Trinajstić information content (AvgIpc) is 3.47. The number of hydrogen-bond acceptors (Lipinski definition) is 4. The van der Waals surface area contributed by atoms with E-state index in [2.05, 4.69) is 0 Å². The van der Waals surface area contributed by atoms with E-state index in [1.165, 1.54) is 0 Å². The van der Waals surface area contributed by atoms with Gasteiger partial charge in [-0.1, -0.05) is 36.4 Å². The maximum absolute atomic E-state index is 13.2. The zero-order valence-electron chi connectivity index (χ0n) is 18.4. The van der Waals surface area contributed by atoms with E-state index >= 15 is 0 Å². The Morgan fingerprint density at radius 1 is 1.09 bits per heavy atom. The van der Waals surface area contributed by atoms with E-state index in [0.29, 0.717) is 19.0 Å². The lowest BCUT2D eigenvalue weighted by Crippen LogP contribution is -2.38. The first-order valence-corrected chi connectivity index (χ1v) is 11.5. The molecule has 0 N–H and O–H groups in total. The normalized spacial score (nSPS) is 18.0. The number of para-hydroxylation sites is 2. The van der Waals surface area contributed by atoms with Gasteiger partial charge in [-0.2, -0.15) is 5.10 Å². The molecule has 0 bridgehead atoms. The largest absolute Gasteiger partial charge is 0.439 e. The number of benzene rings is 2. The number of aryl methyl sites for hydroxylation is 1. The van der Waals surface area contributed by atoms with Crippen molar-refractivity contribution in [1.82, 2.24) is 14.7 Å². The molecule has 1 aromatic heterocycles. The molecule has 1 atom stereocenters. The predicted octanol–water partition coefficient (Wildman–Crippen LogP) is 4.89. The molecule has 0 spiro atoms. The van der Waals surface area contributed by atoms with Crippen molar-refractivity contribution in [1.29, 1.82) is 0 Å². The molecule has 2 fully saturated rings. The highest BCUT2D eigenvalue weighted by molar-refractivity contribution is 5.81. The Morgan fingerprint density at radius 2 is 1.81 bits per heavy atom. The number of rotatable bonds is 8. The van der Waals surface area contributed by atoms with Crippen LogP contribution in [0.15, 0.2) is 60.7 Å². The van der Waals surface area contributed by atoms with E-state index in [9.17, 15) is 4.79 Å². The van der Waals surface area contributed by atoms with E-state index in [0.717, 1.165) is 55.0 Å². The highest BCUT2D eigenvalue weighted by atomic mass is 16.5. The molecule has 32 heavy (non-hydrogen) atoms. The van der Waals surface area contributed by atoms with E-state index in [4.69, 9.17) is 14.6 Å². The number of amides is 1. The van der Waals surface area contributed by atoms with E-state index in [-0.39, 0.29) is 17.9 Å². The van der Waals surface area contributed by atoms with Gasteiger partial charge in [0, 0.05) is 19.1 Å². The van der Waals surface area contributed by atoms with Crippen LogP contribution in [0.1, 0.15) is 36.9 Å². The summed E-state index contributed by atoms with van der Waals surface area (Å²) in [5, 5.41) is 4.80. The van der Waals surface area contributed by atoms with E-state index in [1.54, 1.807) is 0 Å².